The van der Waals surface area contributed by atoms with E-state index in [4.69, 9.17) is 17.0 Å². The molecule has 0 unspecified atom stereocenters. The lowest BCUT2D eigenvalue weighted by Gasteiger charge is -2.17. The molecular weight excluding hydrogens is 410 g/mol. The van der Waals surface area contributed by atoms with Gasteiger partial charge in [-0.3, -0.25) is 9.69 Å². The zero-order valence-corrected chi connectivity index (χ0v) is 19.1. The number of hydrogen-bond donors (Lipinski definition) is 0. The third kappa shape index (κ3) is 3.87. The van der Waals surface area contributed by atoms with Gasteiger partial charge in [-0.25, -0.2) is 0 Å². The molecule has 0 radical (unpaired) electrons. The van der Waals surface area contributed by atoms with Crippen LogP contribution in [0.4, 0.5) is 5.69 Å². The number of hydrogen-bond acceptors (Lipinski definition) is 4. The number of anilines is 1. The first-order chi connectivity index (χ1) is 14.3. The van der Waals surface area contributed by atoms with Crippen LogP contribution in [0.2, 0.25) is 0 Å². The largest absolute Gasteiger partial charge is 0.490 e. The number of nitrogens with zero attached hydrogens (tertiary/aromatic N) is 1. The minimum atomic E-state index is -0.0969. The fraction of sp³-hybridized carbons (Fsp3) is 0.200. The highest BCUT2D eigenvalue weighted by Gasteiger charge is 2.34. The van der Waals surface area contributed by atoms with E-state index in [1.54, 1.807) is 4.90 Å². The van der Waals surface area contributed by atoms with E-state index in [1.165, 1.54) is 11.8 Å². The van der Waals surface area contributed by atoms with Crippen molar-refractivity contribution in [3.05, 3.63) is 76.2 Å². The van der Waals surface area contributed by atoms with Gasteiger partial charge >= 0.3 is 0 Å². The van der Waals surface area contributed by atoms with E-state index in [-0.39, 0.29) is 12.0 Å². The van der Waals surface area contributed by atoms with Crippen LogP contribution < -0.4 is 9.64 Å². The normalized spacial score (nSPS) is 15.6. The van der Waals surface area contributed by atoms with Crippen LogP contribution in [0.3, 0.4) is 0 Å². The van der Waals surface area contributed by atoms with Crippen LogP contribution in [0.5, 0.6) is 5.75 Å². The Morgan fingerprint density at radius 3 is 2.57 bits per heavy atom. The Balaban J connectivity index is 1.81. The van der Waals surface area contributed by atoms with E-state index in [0.29, 0.717) is 9.23 Å². The SMILES string of the molecule is Cc1ccc(N2C(=O)/C(=C/c3c(OC(C)C)ccc4ccccc34)SC2=S)c(C)c1. The molecule has 3 nitrogen and oxygen atoms in total. The lowest BCUT2D eigenvalue weighted by molar-refractivity contribution is -0.113. The van der Waals surface area contributed by atoms with Gasteiger partial charge in [-0.15, -0.1) is 0 Å². The van der Waals surface area contributed by atoms with Crippen LogP contribution in [0.15, 0.2) is 59.5 Å². The molecule has 3 aromatic rings. The van der Waals surface area contributed by atoms with Gasteiger partial charge in [0.25, 0.3) is 5.91 Å². The topological polar surface area (TPSA) is 29.5 Å². The smallest absolute Gasteiger partial charge is 0.270 e. The van der Waals surface area contributed by atoms with Crippen LogP contribution in [0.1, 0.15) is 30.5 Å². The number of fused-ring (bicyclic) bond motifs is 1. The van der Waals surface area contributed by atoms with Gasteiger partial charge in [-0.1, -0.05) is 72.0 Å². The second-order valence-corrected chi connectivity index (χ2v) is 9.35. The minimum absolute atomic E-state index is 0.0306. The van der Waals surface area contributed by atoms with Crippen LogP contribution >= 0.6 is 24.0 Å². The zero-order chi connectivity index (χ0) is 21.4. The van der Waals surface area contributed by atoms with Gasteiger partial charge in [0, 0.05) is 5.56 Å². The van der Waals surface area contributed by atoms with E-state index in [0.717, 1.165) is 38.9 Å². The summed E-state index contributed by atoms with van der Waals surface area (Å²) in [4.78, 5) is 15.6. The van der Waals surface area contributed by atoms with E-state index in [1.807, 2.05) is 70.2 Å². The van der Waals surface area contributed by atoms with Crippen LogP contribution in [0, 0.1) is 13.8 Å². The fourth-order valence-corrected chi connectivity index (χ4v) is 4.91. The van der Waals surface area contributed by atoms with Gasteiger partial charge in [0.2, 0.25) is 0 Å². The van der Waals surface area contributed by atoms with Crippen molar-refractivity contribution in [1.29, 1.82) is 0 Å². The van der Waals surface area contributed by atoms with Crippen LogP contribution in [-0.4, -0.2) is 16.3 Å². The molecule has 0 spiro atoms. The average Bonchev–Trinajstić information content (AvgIpc) is 2.97. The van der Waals surface area contributed by atoms with Crippen molar-refractivity contribution in [1.82, 2.24) is 0 Å². The molecule has 0 aromatic heterocycles. The van der Waals surface area contributed by atoms with Gasteiger partial charge in [0.1, 0.15) is 5.75 Å². The van der Waals surface area contributed by atoms with Crippen molar-refractivity contribution in [2.24, 2.45) is 0 Å². The summed E-state index contributed by atoms with van der Waals surface area (Å²) in [5.74, 6) is 0.667. The highest BCUT2D eigenvalue weighted by Crippen LogP contribution is 2.40. The van der Waals surface area contributed by atoms with Crippen molar-refractivity contribution in [3.8, 4) is 5.75 Å². The Bertz CT molecular complexity index is 1200. The van der Waals surface area contributed by atoms with Gasteiger partial charge in [-0.05, 0) is 62.2 Å². The minimum Gasteiger partial charge on any atom is -0.490 e. The summed E-state index contributed by atoms with van der Waals surface area (Å²) in [6.45, 7) is 8.04. The van der Waals surface area contributed by atoms with E-state index < -0.39 is 0 Å². The number of carbonyl (C=O) groups is 1. The quantitative estimate of drug-likeness (QED) is 0.340. The number of rotatable bonds is 4. The number of carbonyl (C=O) groups excluding carboxylic acids is 1. The molecule has 0 atom stereocenters. The highest BCUT2D eigenvalue weighted by atomic mass is 32.2. The summed E-state index contributed by atoms with van der Waals surface area (Å²) >= 11 is 6.91. The Hall–Kier alpha value is -2.63. The predicted molar refractivity (Wildman–Crippen MR) is 131 cm³/mol. The summed E-state index contributed by atoms with van der Waals surface area (Å²) in [7, 11) is 0. The standard InChI is InChI=1S/C25H23NO2S2/c1-15(2)28-22-12-10-18-7-5-6-8-19(18)20(22)14-23-24(27)26(25(29)30-23)21-11-9-16(3)13-17(21)4/h5-15H,1-4H3/b23-14-. The van der Waals surface area contributed by atoms with E-state index >= 15 is 0 Å². The maximum atomic E-state index is 13.3. The molecule has 1 aliphatic rings. The van der Waals surface area contributed by atoms with Crippen molar-refractivity contribution in [3.63, 3.8) is 0 Å². The second-order valence-electron chi connectivity index (χ2n) is 7.67. The first kappa shape index (κ1) is 20.6. The van der Waals surface area contributed by atoms with Crippen LogP contribution in [-0.2, 0) is 4.79 Å². The molecule has 30 heavy (non-hydrogen) atoms. The predicted octanol–water partition coefficient (Wildman–Crippen LogP) is 6.65. The summed E-state index contributed by atoms with van der Waals surface area (Å²) in [5, 5.41) is 2.15. The first-order valence-electron chi connectivity index (χ1n) is 9.89. The van der Waals surface area contributed by atoms with Gasteiger partial charge in [-0.2, -0.15) is 0 Å². The highest BCUT2D eigenvalue weighted by molar-refractivity contribution is 8.27. The van der Waals surface area contributed by atoms with Gasteiger partial charge < -0.3 is 4.74 Å². The molecule has 0 saturated carbocycles. The summed E-state index contributed by atoms with van der Waals surface area (Å²) in [6.07, 6.45) is 1.95. The Kier molecular flexibility index (Phi) is 5.67. The third-order valence-electron chi connectivity index (χ3n) is 4.96. The molecule has 1 amide bonds. The zero-order valence-electron chi connectivity index (χ0n) is 17.4. The summed E-state index contributed by atoms with van der Waals surface area (Å²) in [5.41, 5.74) is 3.93. The number of amides is 1. The van der Waals surface area contributed by atoms with Crippen molar-refractivity contribution in [2.75, 3.05) is 4.90 Å². The number of aryl methyl sites for hydroxylation is 2. The average molecular weight is 434 g/mol. The third-order valence-corrected chi connectivity index (χ3v) is 6.26. The number of ether oxygens (including phenoxy) is 1. The molecule has 1 heterocycles. The Morgan fingerprint density at radius 1 is 1.07 bits per heavy atom. The van der Waals surface area contributed by atoms with Crippen molar-refractivity contribution < 1.29 is 9.53 Å². The molecule has 0 aliphatic carbocycles. The fourth-order valence-electron chi connectivity index (χ4n) is 3.64. The molecule has 1 aliphatic heterocycles. The van der Waals surface area contributed by atoms with Gasteiger partial charge in [0.15, 0.2) is 4.32 Å². The maximum Gasteiger partial charge on any atom is 0.270 e. The van der Waals surface area contributed by atoms with Crippen molar-refractivity contribution in [2.45, 2.75) is 33.8 Å². The molecule has 0 N–H and O–H groups in total. The molecule has 4 rings (SSSR count). The molecule has 0 bridgehead atoms. The van der Waals surface area contributed by atoms with Crippen LogP contribution in [0.25, 0.3) is 16.8 Å². The molecule has 5 heteroatoms. The summed E-state index contributed by atoms with van der Waals surface area (Å²) in [6, 6.07) is 18.2. The first-order valence-corrected chi connectivity index (χ1v) is 11.1. The summed E-state index contributed by atoms with van der Waals surface area (Å²) < 4.78 is 6.60. The maximum absolute atomic E-state index is 13.3. The lowest BCUT2D eigenvalue weighted by atomic mass is 10.0. The molecular formula is C25H23NO2S2. The second kappa shape index (κ2) is 8.25. The number of thioether (sulfide) groups is 1. The van der Waals surface area contributed by atoms with E-state index in [2.05, 4.69) is 18.2 Å². The lowest BCUT2D eigenvalue weighted by Crippen LogP contribution is -2.28. The number of benzene rings is 3. The molecule has 3 aromatic carbocycles. The molecule has 1 fully saturated rings. The van der Waals surface area contributed by atoms with E-state index in [9.17, 15) is 4.79 Å². The Labute approximate surface area is 186 Å². The van der Waals surface area contributed by atoms with Gasteiger partial charge in [0.05, 0.1) is 16.7 Å². The molecule has 152 valence electrons. The molecule has 1 saturated heterocycles. The Morgan fingerprint density at radius 2 is 1.83 bits per heavy atom. The van der Waals surface area contributed by atoms with Crippen molar-refractivity contribution >= 4 is 56.7 Å². The monoisotopic (exact) mass is 433 g/mol. The number of thiocarbonyl (C=S) groups is 1.